The lowest BCUT2D eigenvalue weighted by Gasteiger charge is -2.20. The van der Waals surface area contributed by atoms with Crippen LogP contribution in [0.5, 0.6) is 0 Å². The molecule has 0 fully saturated rings. The third kappa shape index (κ3) is 3.73. The molecule has 0 saturated carbocycles. The number of nitrogens with zero attached hydrogens (tertiary/aromatic N) is 8. The van der Waals surface area contributed by atoms with Crippen LogP contribution in [0.3, 0.4) is 0 Å². The summed E-state index contributed by atoms with van der Waals surface area (Å²) in [5.74, 6) is -1.83. The Labute approximate surface area is 193 Å². The zero-order valence-electron chi connectivity index (χ0n) is 17.8. The van der Waals surface area contributed by atoms with Gasteiger partial charge in [0.15, 0.2) is 5.82 Å². The van der Waals surface area contributed by atoms with E-state index in [2.05, 4.69) is 30.4 Å². The first-order chi connectivity index (χ1) is 16.6. The molecule has 35 heavy (non-hydrogen) atoms. The summed E-state index contributed by atoms with van der Waals surface area (Å²) in [4.78, 5) is 10.7. The van der Waals surface area contributed by atoms with E-state index in [4.69, 9.17) is 5.73 Å². The number of anilines is 1. The number of nitrogen functional groups attached to an aromatic ring is 1. The van der Waals surface area contributed by atoms with Gasteiger partial charge >= 0.3 is 6.18 Å². The predicted molar refractivity (Wildman–Crippen MR) is 113 cm³/mol. The van der Waals surface area contributed by atoms with Crippen molar-refractivity contribution in [2.24, 2.45) is 0 Å². The van der Waals surface area contributed by atoms with E-state index in [9.17, 15) is 22.7 Å². The number of rotatable bonds is 4. The molecule has 1 aromatic carbocycles. The van der Waals surface area contributed by atoms with Crippen molar-refractivity contribution in [2.75, 3.05) is 5.73 Å². The Morgan fingerprint density at radius 2 is 1.77 bits per heavy atom. The maximum Gasteiger partial charge on any atom is 0.451 e. The molecule has 5 aromatic rings. The third-order valence-electron chi connectivity index (χ3n) is 5.39. The lowest BCUT2D eigenvalue weighted by atomic mass is 9.98. The van der Waals surface area contributed by atoms with Crippen molar-refractivity contribution in [1.29, 1.82) is 0 Å². The predicted octanol–water partition coefficient (Wildman–Crippen LogP) is 2.76. The van der Waals surface area contributed by atoms with Crippen molar-refractivity contribution in [3.8, 4) is 16.8 Å². The maximum absolute atomic E-state index is 14.2. The largest absolute Gasteiger partial charge is 0.451 e. The van der Waals surface area contributed by atoms with Crippen LogP contribution in [-0.4, -0.2) is 44.7 Å². The van der Waals surface area contributed by atoms with E-state index in [1.807, 2.05) is 0 Å². The Morgan fingerprint density at radius 1 is 1.06 bits per heavy atom. The second-order valence-corrected chi connectivity index (χ2v) is 7.71. The standard InChI is InChI=1S/C21H15F4N9O/c1-20(35,15-9-33(32-31-15)14-5-3-2-4-13(14)22)16-6-12(17-18(26)29-10-30-34(16)17)11-7-27-19(28-8-11)21(23,24)25/h2-10,35H,1H3,(H2,26,29,30). The molecule has 10 nitrogen and oxygen atoms in total. The molecule has 0 amide bonds. The van der Waals surface area contributed by atoms with Gasteiger partial charge in [-0.15, -0.1) is 5.10 Å². The van der Waals surface area contributed by atoms with Crippen molar-refractivity contribution in [1.82, 2.24) is 39.6 Å². The molecular formula is C21H15F4N9O. The van der Waals surface area contributed by atoms with Gasteiger partial charge in [0, 0.05) is 23.5 Å². The molecule has 4 heterocycles. The smallest absolute Gasteiger partial charge is 0.382 e. The number of alkyl halides is 3. The van der Waals surface area contributed by atoms with Crippen LogP contribution in [0.1, 0.15) is 24.1 Å². The van der Waals surface area contributed by atoms with Gasteiger partial charge < -0.3 is 10.8 Å². The maximum atomic E-state index is 14.2. The van der Waals surface area contributed by atoms with Crippen LogP contribution in [0.25, 0.3) is 22.3 Å². The molecule has 4 aromatic heterocycles. The molecule has 1 unspecified atom stereocenters. The average Bonchev–Trinajstić information content (AvgIpc) is 3.46. The van der Waals surface area contributed by atoms with Gasteiger partial charge in [-0.25, -0.2) is 28.5 Å². The van der Waals surface area contributed by atoms with E-state index in [1.54, 1.807) is 6.07 Å². The molecule has 1 atom stereocenters. The second-order valence-electron chi connectivity index (χ2n) is 7.71. The zero-order valence-corrected chi connectivity index (χ0v) is 17.8. The first-order valence-electron chi connectivity index (χ1n) is 10.00. The summed E-state index contributed by atoms with van der Waals surface area (Å²) in [7, 11) is 0. The Balaban J connectivity index is 1.64. The lowest BCUT2D eigenvalue weighted by molar-refractivity contribution is -0.144. The monoisotopic (exact) mass is 485 g/mol. The lowest BCUT2D eigenvalue weighted by Crippen LogP contribution is -2.26. The molecular weight excluding hydrogens is 470 g/mol. The van der Waals surface area contributed by atoms with Crippen LogP contribution in [-0.2, 0) is 11.8 Å². The second kappa shape index (κ2) is 7.80. The summed E-state index contributed by atoms with van der Waals surface area (Å²) in [6.45, 7) is 1.41. The van der Waals surface area contributed by atoms with Gasteiger partial charge in [-0.05, 0) is 25.1 Å². The molecule has 0 bridgehead atoms. The van der Waals surface area contributed by atoms with Crippen LogP contribution in [0.15, 0.2) is 55.2 Å². The number of aromatic nitrogens is 8. The van der Waals surface area contributed by atoms with E-state index >= 15 is 0 Å². The van der Waals surface area contributed by atoms with Gasteiger partial charge in [-0.3, -0.25) is 0 Å². The minimum absolute atomic E-state index is 0.00644. The van der Waals surface area contributed by atoms with Gasteiger partial charge in [0.05, 0.1) is 11.9 Å². The molecule has 0 spiro atoms. The fraction of sp³-hybridized carbons (Fsp3) is 0.143. The van der Waals surface area contributed by atoms with Crippen molar-refractivity contribution < 1.29 is 22.7 Å². The summed E-state index contributed by atoms with van der Waals surface area (Å²) >= 11 is 0. The van der Waals surface area contributed by atoms with E-state index in [1.165, 1.54) is 46.6 Å². The minimum atomic E-state index is -4.71. The van der Waals surface area contributed by atoms with Gasteiger partial charge in [0.1, 0.15) is 34.6 Å². The molecule has 0 aliphatic rings. The van der Waals surface area contributed by atoms with E-state index in [0.717, 1.165) is 18.7 Å². The van der Waals surface area contributed by atoms with Gasteiger partial charge in [-0.1, -0.05) is 17.3 Å². The Bertz CT molecular complexity index is 1540. The van der Waals surface area contributed by atoms with Crippen molar-refractivity contribution >= 4 is 11.3 Å². The Morgan fingerprint density at radius 3 is 2.46 bits per heavy atom. The van der Waals surface area contributed by atoms with Crippen molar-refractivity contribution in [3.63, 3.8) is 0 Å². The topological polar surface area (TPSA) is 133 Å². The summed E-state index contributed by atoms with van der Waals surface area (Å²) < 4.78 is 55.3. The third-order valence-corrected chi connectivity index (χ3v) is 5.39. The number of hydrogen-bond donors (Lipinski definition) is 2. The van der Waals surface area contributed by atoms with Crippen LogP contribution in [0.2, 0.25) is 0 Å². The van der Waals surface area contributed by atoms with Crippen LogP contribution in [0, 0.1) is 5.82 Å². The highest BCUT2D eigenvalue weighted by atomic mass is 19.4. The first kappa shape index (κ1) is 22.3. The molecule has 5 rings (SSSR count). The SMILES string of the molecule is CC(O)(c1cn(-c2ccccc2F)nn1)c1cc(-c2cnc(C(F)(F)F)nc2)c2c(N)ncnn12. The van der Waals surface area contributed by atoms with E-state index in [0.29, 0.717) is 0 Å². The van der Waals surface area contributed by atoms with Gasteiger partial charge in [0.25, 0.3) is 0 Å². The number of nitrogens with two attached hydrogens (primary N) is 1. The normalized spacial score (nSPS) is 13.8. The van der Waals surface area contributed by atoms with Crippen LogP contribution in [0.4, 0.5) is 23.4 Å². The molecule has 3 N–H and O–H groups in total. The van der Waals surface area contributed by atoms with Crippen molar-refractivity contribution in [2.45, 2.75) is 18.7 Å². The Hall–Kier alpha value is -4.46. The fourth-order valence-corrected chi connectivity index (χ4v) is 3.62. The first-order valence-corrected chi connectivity index (χ1v) is 10.00. The molecule has 0 radical (unpaired) electrons. The van der Waals surface area contributed by atoms with Gasteiger partial charge in [-0.2, -0.15) is 18.3 Å². The molecule has 0 aliphatic carbocycles. The summed E-state index contributed by atoms with van der Waals surface area (Å²) in [6.07, 6.45) is -0.216. The minimum Gasteiger partial charge on any atom is -0.382 e. The molecule has 0 saturated heterocycles. The highest BCUT2D eigenvalue weighted by Crippen LogP contribution is 2.37. The number of halogens is 4. The van der Waals surface area contributed by atoms with Crippen LogP contribution < -0.4 is 5.73 Å². The highest BCUT2D eigenvalue weighted by molar-refractivity contribution is 5.88. The number of fused-ring (bicyclic) bond motifs is 1. The number of hydrogen-bond acceptors (Lipinski definition) is 8. The van der Waals surface area contributed by atoms with E-state index < -0.39 is 23.4 Å². The Kier molecular flexibility index (Phi) is 4.98. The quantitative estimate of drug-likeness (QED) is 0.372. The van der Waals surface area contributed by atoms with Crippen molar-refractivity contribution in [3.05, 3.63) is 78.3 Å². The number of para-hydroxylation sites is 1. The molecule has 0 aliphatic heterocycles. The average molecular weight is 485 g/mol. The summed E-state index contributed by atoms with van der Waals surface area (Å²) in [5.41, 5.74) is 5.21. The molecule has 14 heteroatoms. The number of aliphatic hydroxyl groups is 1. The van der Waals surface area contributed by atoms with Gasteiger partial charge in [0.2, 0.25) is 5.82 Å². The highest BCUT2D eigenvalue weighted by Gasteiger charge is 2.36. The van der Waals surface area contributed by atoms with Crippen LogP contribution >= 0.6 is 0 Å². The van der Waals surface area contributed by atoms with E-state index in [-0.39, 0.29) is 39.5 Å². The molecule has 178 valence electrons. The fourth-order valence-electron chi connectivity index (χ4n) is 3.62. The summed E-state index contributed by atoms with van der Waals surface area (Å²) in [6, 6.07) is 7.36. The zero-order chi connectivity index (χ0) is 25.0. The summed E-state index contributed by atoms with van der Waals surface area (Å²) in [5, 5.41) is 23.5. The number of benzene rings is 1.